The van der Waals surface area contributed by atoms with Crippen molar-refractivity contribution in [3.05, 3.63) is 93.4 Å². The zero-order valence-electron chi connectivity index (χ0n) is 24.5. The van der Waals surface area contributed by atoms with Crippen LogP contribution in [0.25, 0.3) is 21.6 Å². The molecule has 0 spiro atoms. The average Bonchev–Trinajstić information content (AvgIpc) is 3.27. The summed E-state index contributed by atoms with van der Waals surface area (Å²) in [5.74, 6) is 0.0259. The van der Waals surface area contributed by atoms with Crippen LogP contribution in [-0.4, -0.2) is 60.4 Å². The second-order valence-corrected chi connectivity index (χ2v) is 11.7. The molecular weight excluding hydrogens is 532 g/mol. The van der Waals surface area contributed by atoms with Crippen LogP contribution in [0.1, 0.15) is 48.9 Å². The maximum absolute atomic E-state index is 13.0. The number of amides is 2. The van der Waals surface area contributed by atoms with Gasteiger partial charge < -0.3 is 14.4 Å². The maximum Gasteiger partial charge on any atom is 0.412 e. The van der Waals surface area contributed by atoms with E-state index in [0.717, 1.165) is 5.56 Å². The van der Waals surface area contributed by atoms with Gasteiger partial charge in [0.05, 0.1) is 0 Å². The van der Waals surface area contributed by atoms with E-state index >= 15 is 0 Å². The van der Waals surface area contributed by atoms with Gasteiger partial charge in [-0.05, 0) is 78.7 Å². The highest BCUT2D eigenvalue weighted by atomic mass is 16.6. The molecule has 1 aliphatic heterocycles. The predicted octanol–water partition coefficient (Wildman–Crippen LogP) is 7.35. The molecule has 1 aliphatic carbocycles. The SMILES string of the molecule is Cc1c(N=[N+]=[N-])cc(CN2CCN(C(=O)OCC3c4ccccc4-c4ccccc43)CC2)cc1NC(=O)OC(C)(C)C. The fraction of sp³-hybridized carbons (Fsp3) is 0.375. The molecule has 1 saturated heterocycles. The van der Waals surface area contributed by atoms with Crippen molar-refractivity contribution < 1.29 is 19.1 Å². The molecule has 1 N–H and O–H groups in total. The molecule has 218 valence electrons. The molecule has 1 heterocycles. The van der Waals surface area contributed by atoms with E-state index in [2.05, 4.69) is 44.5 Å². The van der Waals surface area contributed by atoms with Gasteiger partial charge in [-0.15, -0.1) is 0 Å². The Labute approximate surface area is 245 Å². The molecule has 5 rings (SSSR count). The molecule has 0 saturated carbocycles. The molecule has 42 heavy (non-hydrogen) atoms. The number of rotatable bonds is 6. The van der Waals surface area contributed by atoms with E-state index in [1.807, 2.05) is 36.4 Å². The van der Waals surface area contributed by atoms with E-state index in [9.17, 15) is 9.59 Å². The summed E-state index contributed by atoms with van der Waals surface area (Å²) in [7, 11) is 0. The molecule has 10 nitrogen and oxygen atoms in total. The summed E-state index contributed by atoms with van der Waals surface area (Å²) in [5, 5.41) is 6.60. The van der Waals surface area contributed by atoms with Crippen LogP contribution in [0.3, 0.4) is 0 Å². The molecule has 3 aromatic rings. The van der Waals surface area contributed by atoms with E-state index in [0.29, 0.717) is 56.3 Å². The Hall–Kier alpha value is -4.53. The van der Waals surface area contributed by atoms with Crippen LogP contribution in [0.15, 0.2) is 65.8 Å². The van der Waals surface area contributed by atoms with Gasteiger partial charge in [-0.1, -0.05) is 53.6 Å². The number of anilines is 1. The Bertz CT molecular complexity index is 1490. The fourth-order valence-electron chi connectivity index (χ4n) is 5.58. The van der Waals surface area contributed by atoms with Crippen LogP contribution >= 0.6 is 0 Å². The van der Waals surface area contributed by atoms with Crippen molar-refractivity contribution in [1.29, 1.82) is 0 Å². The normalized spacial score (nSPS) is 14.9. The highest BCUT2D eigenvalue weighted by molar-refractivity contribution is 5.87. The molecular formula is C32H36N6O4. The monoisotopic (exact) mass is 568 g/mol. The average molecular weight is 569 g/mol. The molecule has 0 atom stereocenters. The van der Waals surface area contributed by atoms with E-state index < -0.39 is 11.7 Å². The second-order valence-electron chi connectivity index (χ2n) is 11.7. The molecule has 0 unspecified atom stereocenters. The molecule has 0 radical (unpaired) electrons. The first kappa shape index (κ1) is 29.0. The van der Waals surface area contributed by atoms with E-state index in [-0.39, 0.29) is 12.0 Å². The van der Waals surface area contributed by atoms with Crippen molar-refractivity contribution in [1.82, 2.24) is 9.80 Å². The van der Waals surface area contributed by atoms with Crippen LogP contribution in [0, 0.1) is 6.92 Å². The third kappa shape index (κ3) is 6.51. The Morgan fingerprint density at radius 1 is 1.00 bits per heavy atom. The predicted molar refractivity (Wildman–Crippen MR) is 162 cm³/mol. The maximum atomic E-state index is 13.0. The van der Waals surface area contributed by atoms with Gasteiger partial charge in [0.2, 0.25) is 0 Å². The third-order valence-corrected chi connectivity index (χ3v) is 7.60. The number of benzene rings is 3. The molecule has 1 fully saturated rings. The van der Waals surface area contributed by atoms with E-state index in [1.54, 1.807) is 32.6 Å². The number of carbonyl (C=O) groups is 2. The largest absolute Gasteiger partial charge is 0.448 e. The number of nitrogens with zero attached hydrogens (tertiary/aromatic N) is 5. The summed E-state index contributed by atoms with van der Waals surface area (Å²) in [4.78, 5) is 32.4. The third-order valence-electron chi connectivity index (χ3n) is 7.60. The topological polar surface area (TPSA) is 120 Å². The Morgan fingerprint density at radius 2 is 1.62 bits per heavy atom. The molecule has 3 aromatic carbocycles. The minimum absolute atomic E-state index is 0.0259. The smallest absolute Gasteiger partial charge is 0.412 e. The number of ether oxygens (including phenoxy) is 2. The van der Waals surface area contributed by atoms with Crippen molar-refractivity contribution in [2.24, 2.45) is 5.11 Å². The van der Waals surface area contributed by atoms with Crippen LogP contribution in [-0.2, 0) is 16.0 Å². The number of hydrogen-bond acceptors (Lipinski definition) is 6. The van der Waals surface area contributed by atoms with Gasteiger partial charge in [-0.2, -0.15) is 0 Å². The van der Waals surface area contributed by atoms with E-state index in [1.165, 1.54) is 22.3 Å². The zero-order chi connectivity index (χ0) is 29.9. The highest BCUT2D eigenvalue weighted by Crippen LogP contribution is 2.44. The van der Waals surface area contributed by atoms with E-state index in [4.69, 9.17) is 15.0 Å². The lowest BCUT2D eigenvalue weighted by Crippen LogP contribution is -2.48. The van der Waals surface area contributed by atoms with Crippen LogP contribution in [0.4, 0.5) is 21.0 Å². The first-order chi connectivity index (χ1) is 20.1. The Kier molecular flexibility index (Phi) is 8.38. The Morgan fingerprint density at radius 3 is 2.21 bits per heavy atom. The van der Waals surface area contributed by atoms with Gasteiger partial charge in [-0.25, -0.2) is 9.59 Å². The quantitative estimate of drug-likeness (QED) is 0.189. The lowest BCUT2D eigenvalue weighted by molar-refractivity contribution is 0.0635. The number of nitrogens with one attached hydrogen (secondary N) is 1. The number of azide groups is 1. The van der Waals surface area contributed by atoms with Crippen molar-refractivity contribution in [2.75, 3.05) is 38.1 Å². The highest BCUT2D eigenvalue weighted by Gasteiger charge is 2.30. The summed E-state index contributed by atoms with van der Waals surface area (Å²) in [5.41, 5.74) is 15.7. The zero-order valence-corrected chi connectivity index (χ0v) is 24.5. The van der Waals surface area contributed by atoms with Gasteiger partial charge >= 0.3 is 12.2 Å². The minimum Gasteiger partial charge on any atom is -0.448 e. The van der Waals surface area contributed by atoms with Gasteiger partial charge in [0, 0.05) is 54.9 Å². The van der Waals surface area contributed by atoms with Gasteiger partial charge in [0.1, 0.15) is 12.2 Å². The number of carbonyl (C=O) groups excluding carboxylic acids is 2. The summed E-state index contributed by atoms with van der Waals surface area (Å²) in [6.07, 6.45) is -0.882. The second kappa shape index (κ2) is 12.1. The van der Waals surface area contributed by atoms with Crippen molar-refractivity contribution in [2.45, 2.75) is 45.8 Å². The molecule has 2 amide bonds. The van der Waals surface area contributed by atoms with Crippen LogP contribution in [0.5, 0.6) is 0 Å². The van der Waals surface area contributed by atoms with Crippen molar-refractivity contribution >= 4 is 23.6 Å². The summed E-state index contributed by atoms with van der Waals surface area (Å²) in [6.45, 7) is 10.4. The molecule has 0 aromatic heterocycles. The number of piperazine rings is 1. The molecule has 0 bridgehead atoms. The first-order valence-electron chi connectivity index (χ1n) is 14.1. The Balaban J connectivity index is 1.19. The fourth-order valence-corrected chi connectivity index (χ4v) is 5.58. The summed E-state index contributed by atoms with van der Waals surface area (Å²) < 4.78 is 11.2. The van der Waals surface area contributed by atoms with Gasteiger partial charge in [0.25, 0.3) is 0 Å². The van der Waals surface area contributed by atoms with Crippen LogP contribution in [0.2, 0.25) is 0 Å². The lowest BCUT2D eigenvalue weighted by Gasteiger charge is -2.34. The van der Waals surface area contributed by atoms with Crippen molar-refractivity contribution in [3.63, 3.8) is 0 Å². The van der Waals surface area contributed by atoms with Gasteiger partial charge in [0.15, 0.2) is 0 Å². The summed E-state index contributed by atoms with van der Waals surface area (Å²) >= 11 is 0. The van der Waals surface area contributed by atoms with Crippen LogP contribution < -0.4 is 5.32 Å². The number of fused-ring (bicyclic) bond motifs is 3. The molecule has 10 heteroatoms. The molecule has 2 aliphatic rings. The van der Waals surface area contributed by atoms with Crippen molar-refractivity contribution in [3.8, 4) is 11.1 Å². The summed E-state index contributed by atoms with van der Waals surface area (Å²) in [6, 6.07) is 20.3. The standard InChI is InChI=1S/C32H36N6O4/c1-21-28(34-30(39)42-32(2,3)4)17-22(18-29(21)35-36-33)19-37-13-15-38(16-14-37)31(40)41-20-27-25-11-7-5-9-23(25)24-10-6-8-12-26(24)27/h5-12,17-18,27H,13-16,19-20H2,1-4H3,(H,34,39). The van der Waals surface area contributed by atoms with Gasteiger partial charge in [-0.3, -0.25) is 10.2 Å². The minimum atomic E-state index is -0.643. The first-order valence-corrected chi connectivity index (χ1v) is 14.1. The lowest BCUT2D eigenvalue weighted by atomic mass is 9.98. The number of hydrogen-bond donors (Lipinski definition) is 1.